The zero-order valence-corrected chi connectivity index (χ0v) is 12.1. The Balaban J connectivity index is 2.63. The van der Waals surface area contributed by atoms with Crippen LogP contribution >= 0.6 is 15.9 Å². The fourth-order valence-electron chi connectivity index (χ4n) is 1.33. The lowest BCUT2D eigenvalue weighted by Crippen LogP contribution is -2.44. The molecule has 18 heavy (non-hydrogen) atoms. The molecule has 0 bridgehead atoms. The highest BCUT2D eigenvalue weighted by Crippen LogP contribution is 2.20. The molecule has 0 unspecified atom stereocenters. The molecule has 0 fully saturated rings. The molecule has 0 aliphatic rings. The maximum absolute atomic E-state index is 11.6. The fourth-order valence-corrected chi connectivity index (χ4v) is 1.58. The average Bonchev–Trinajstić information content (AvgIpc) is 2.33. The lowest BCUT2D eigenvalue weighted by Gasteiger charge is -2.15. The van der Waals surface area contributed by atoms with Crippen molar-refractivity contribution in [3.05, 3.63) is 28.2 Å². The van der Waals surface area contributed by atoms with Crippen molar-refractivity contribution in [2.24, 2.45) is 0 Å². The number of rotatable bonds is 3. The molecule has 0 saturated carbocycles. The molecule has 6 heteroatoms. The number of hydrogen-bond donors (Lipinski definition) is 3. The van der Waals surface area contributed by atoms with E-state index >= 15 is 0 Å². The maximum Gasteiger partial charge on any atom is 0.321 e. The number of anilines is 1. The van der Waals surface area contributed by atoms with Gasteiger partial charge in [-0.25, -0.2) is 4.79 Å². The minimum absolute atomic E-state index is 0.380. The number of aryl methyl sites for hydroxylation is 1. The van der Waals surface area contributed by atoms with Crippen molar-refractivity contribution in [3.63, 3.8) is 0 Å². The number of imide groups is 1. The second-order valence-corrected chi connectivity index (χ2v) is 4.75. The number of nitrogens with one attached hydrogen (secondary N) is 3. The monoisotopic (exact) mass is 313 g/mol. The molecular weight excluding hydrogens is 298 g/mol. The zero-order chi connectivity index (χ0) is 13.7. The van der Waals surface area contributed by atoms with Crippen LogP contribution in [0, 0.1) is 6.92 Å². The van der Waals surface area contributed by atoms with Crippen LogP contribution < -0.4 is 16.0 Å². The van der Waals surface area contributed by atoms with E-state index in [0.717, 1.165) is 15.7 Å². The van der Waals surface area contributed by atoms with Gasteiger partial charge >= 0.3 is 6.03 Å². The first-order valence-electron chi connectivity index (χ1n) is 5.49. The van der Waals surface area contributed by atoms with Crippen LogP contribution in [-0.4, -0.2) is 25.0 Å². The molecule has 3 amide bonds. The molecule has 0 aliphatic carbocycles. The molecule has 1 aromatic carbocycles. The Hall–Kier alpha value is -1.56. The lowest BCUT2D eigenvalue weighted by atomic mass is 10.2. The van der Waals surface area contributed by atoms with Crippen LogP contribution in [0.3, 0.4) is 0 Å². The fraction of sp³-hybridized carbons (Fsp3) is 0.333. The molecule has 0 aromatic heterocycles. The number of benzene rings is 1. The van der Waals surface area contributed by atoms with Gasteiger partial charge in [0.2, 0.25) is 5.91 Å². The summed E-state index contributed by atoms with van der Waals surface area (Å²) in [7, 11) is 1.46. The van der Waals surface area contributed by atoms with E-state index < -0.39 is 12.1 Å². The van der Waals surface area contributed by atoms with E-state index in [0.29, 0.717) is 0 Å². The summed E-state index contributed by atoms with van der Waals surface area (Å²) in [6.07, 6.45) is 0. The summed E-state index contributed by atoms with van der Waals surface area (Å²) in [5.74, 6) is -0.380. The number of carbonyl (C=O) groups is 2. The zero-order valence-electron chi connectivity index (χ0n) is 10.5. The van der Waals surface area contributed by atoms with Gasteiger partial charge in [0.15, 0.2) is 0 Å². The smallest absolute Gasteiger partial charge is 0.321 e. The maximum atomic E-state index is 11.6. The van der Waals surface area contributed by atoms with E-state index in [-0.39, 0.29) is 5.91 Å². The number of hydrogen-bond acceptors (Lipinski definition) is 3. The van der Waals surface area contributed by atoms with Gasteiger partial charge in [-0.1, -0.05) is 15.9 Å². The molecule has 98 valence electrons. The number of amides is 3. The van der Waals surface area contributed by atoms with E-state index in [4.69, 9.17) is 0 Å². The summed E-state index contributed by atoms with van der Waals surface area (Å²) in [6, 6.07) is 4.68. The minimum atomic E-state index is -0.513. The number of carbonyl (C=O) groups excluding carboxylic acids is 2. The first-order chi connectivity index (χ1) is 8.43. The molecule has 0 radical (unpaired) electrons. The van der Waals surface area contributed by atoms with Crippen molar-refractivity contribution in [1.82, 2.24) is 10.6 Å². The van der Waals surface area contributed by atoms with Gasteiger partial charge in [-0.05, 0) is 37.6 Å². The van der Waals surface area contributed by atoms with Gasteiger partial charge in [-0.15, -0.1) is 0 Å². The molecule has 1 aromatic rings. The van der Waals surface area contributed by atoms with Gasteiger partial charge in [-0.3, -0.25) is 10.1 Å². The summed E-state index contributed by atoms with van der Waals surface area (Å²) in [4.78, 5) is 22.6. The third-order valence-corrected chi connectivity index (χ3v) is 3.29. The third-order valence-electron chi connectivity index (χ3n) is 2.40. The first-order valence-corrected chi connectivity index (χ1v) is 6.28. The predicted octanol–water partition coefficient (Wildman–Crippen LogP) is 2.01. The van der Waals surface area contributed by atoms with Crippen molar-refractivity contribution in [3.8, 4) is 0 Å². The molecule has 5 nitrogen and oxygen atoms in total. The van der Waals surface area contributed by atoms with Crippen LogP contribution in [0.2, 0.25) is 0 Å². The van der Waals surface area contributed by atoms with Crippen LogP contribution in [0.25, 0.3) is 0 Å². The van der Waals surface area contributed by atoms with Gasteiger partial charge in [0.1, 0.15) is 6.04 Å². The first kappa shape index (κ1) is 14.5. The largest absolute Gasteiger partial charge is 0.374 e. The molecular formula is C12H16BrN3O2. The van der Waals surface area contributed by atoms with Crippen molar-refractivity contribution in [1.29, 1.82) is 0 Å². The van der Waals surface area contributed by atoms with E-state index in [1.54, 1.807) is 6.92 Å². The predicted molar refractivity (Wildman–Crippen MR) is 74.6 cm³/mol. The van der Waals surface area contributed by atoms with Crippen molar-refractivity contribution >= 4 is 33.6 Å². The SMILES string of the molecule is CNC(=O)NC(=O)[C@@H](C)Nc1ccc(Br)c(C)c1. The van der Waals surface area contributed by atoms with Crippen molar-refractivity contribution in [2.45, 2.75) is 19.9 Å². The molecule has 3 N–H and O–H groups in total. The van der Waals surface area contributed by atoms with Gasteiger partial charge in [0.05, 0.1) is 0 Å². The highest BCUT2D eigenvalue weighted by Gasteiger charge is 2.14. The summed E-state index contributed by atoms with van der Waals surface area (Å²) in [6.45, 7) is 3.65. The Labute approximate surface area is 114 Å². The Kier molecular flexibility index (Phi) is 5.15. The summed E-state index contributed by atoms with van der Waals surface area (Å²) < 4.78 is 1.01. The van der Waals surface area contributed by atoms with Gasteiger partial charge < -0.3 is 10.6 Å². The normalized spacial score (nSPS) is 11.6. The van der Waals surface area contributed by atoms with E-state index in [1.165, 1.54) is 7.05 Å². The molecule has 0 spiro atoms. The van der Waals surface area contributed by atoms with Crippen LogP contribution in [0.5, 0.6) is 0 Å². The minimum Gasteiger partial charge on any atom is -0.374 e. The summed E-state index contributed by atoms with van der Waals surface area (Å²) >= 11 is 3.41. The second-order valence-electron chi connectivity index (χ2n) is 3.90. The van der Waals surface area contributed by atoms with E-state index in [9.17, 15) is 9.59 Å². The van der Waals surface area contributed by atoms with E-state index in [2.05, 4.69) is 31.9 Å². The molecule has 1 rings (SSSR count). The van der Waals surface area contributed by atoms with Gasteiger partial charge in [0.25, 0.3) is 0 Å². The van der Waals surface area contributed by atoms with Gasteiger partial charge in [0, 0.05) is 17.2 Å². The van der Waals surface area contributed by atoms with Gasteiger partial charge in [-0.2, -0.15) is 0 Å². The molecule has 0 saturated heterocycles. The third kappa shape index (κ3) is 4.03. The Bertz CT molecular complexity index is 463. The molecule has 0 aliphatic heterocycles. The Morgan fingerprint density at radius 1 is 1.33 bits per heavy atom. The van der Waals surface area contributed by atoms with Crippen LogP contribution in [-0.2, 0) is 4.79 Å². The highest BCUT2D eigenvalue weighted by molar-refractivity contribution is 9.10. The number of urea groups is 1. The van der Waals surface area contributed by atoms with Crippen molar-refractivity contribution in [2.75, 3.05) is 12.4 Å². The molecule has 1 atom stereocenters. The quantitative estimate of drug-likeness (QED) is 0.799. The standard InChI is InChI=1S/C12H16BrN3O2/c1-7-6-9(4-5-10(7)13)15-8(2)11(17)16-12(18)14-3/h4-6,8,15H,1-3H3,(H2,14,16,17,18)/t8-/m1/s1. The van der Waals surface area contributed by atoms with Crippen LogP contribution in [0.1, 0.15) is 12.5 Å². The Morgan fingerprint density at radius 2 is 2.00 bits per heavy atom. The van der Waals surface area contributed by atoms with Crippen LogP contribution in [0.4, 0.5) is 10.5 Å². The summed E-state index contributed by atoms with van der Waals surface area (Å²) in [5.41, 5.74) is 1.90. The lowest BCUT2D eigenvalue weighted by molar-refractivity contribution is -0.120. The summed E-state index contributed by atoms with van der Waals surface area (Å²) in [5, 5.41) is 7.57. The number of halogens is 1. The van der Waals surface area contributed by atoms with E-state index in [1.807, 2.05) is 25.1 Å². The topological polar surface area (TPSA) is 70.2 Å². The van der Waals surface area contributed by atoms with Crippen LogP contribution in [0.15, 0.2) is 22.7 Å². The highest BCUT2D eigenvalue weighted by atomic mass is 79.9. The second kappa shape index (κ2) is 6.39. The Morgan fingerprint density at radius 3 is 2.56 bits per heavy atom. The average molecular weight is 314 g/mol. The molecule has 0 heterocycles. The van der Waals surface area contributed by atoms with Crippen molar-refractivity contribution < 1.29 is 9.59 Å².